The van der Waals surface area contributed by atoms with E-state index in [4.69, 9.17) is 11.6 Å². The van der Waals surface area contributed by atoms with Crippen molar-refractivity contribution in [3.05, 3.63) is 39.3 Å². The Hall–Kier alpha value is -1.24. The molecular weight excluding hydrogens is 296 g/mol. The Bertz CT molecular complexity index is 650. The fraction of sp³-hybridized carbons (Fsp3) is 0.385. The van der Waals surface area contributed by atoms with Gasteiger partial charge in [-0.25, -0.2) is 9.89 Å². The third kappa shape index (κ3) is 3.08. The van der Waals surface area contributed by atoms with Crippen molar-refractivity contribution >= 4 is 23.4 Å². The molecule has 0 aliphatic heterocycles. The highest BCUT2D eigenvalue weighted by Crippen LogP contribution is 2.35. The molecule has 7 heteroatoms. The first-order valence-corrected chi connectivity index (χ1v) is 7.50. The lowest BCUT2D eigenvalue weighted by molar-refractivity contribution is 0.534. The van der Waals surface area contributed by atoms with Crippen LogP contribution in [0.4, 0.5) is 0 Å². The fourth-order valence-corrected chi connectivity index (χ4v) is 3.32. The van der Waals surface area contributed by atoms with Crippen molar-refractivity contribution in [3.8, 4) is 0 Å². The molecule has 0 saturated heterocycles. The van der Waals surface area contributed by atoms with Gasteiger partial charge in [-0.2, -0.15) is 0 Å². The molecule has 0 aliphatic carbocycles. The van der Waals surface area contributed by atoms with Crippen molar-refractivity contribution in [2.24, 2.45) is 0 Å². The van der Waals surface area contributed by atoms with Crippen LogP contribution in [0.3, 0.4) is 0 Å². The maximum absolute atomic E-state index is 11.8. The number of halogens is 1. The number of nitrogens with zero attached hydrogens (tertiary/aromatic N) is 2. The van der Waals surface area contributed by atoms with Gasteiger partial charge in [0, 0.05) is 17.5 Å². The van der Waals surface area contributed by atoms with Crippen molar-refractivity contribution in [1.29, 1.82) is 0 Å². The van der Waals surface area contributed by atoms with Crippen LogP contribution in [0.25, 0.3) is 0 Å². The standard InChI is InChI=1S/C13H17ClN4OS/c1-8(2)18-12(19)16-17-13(18)20-11-9(7-15-3)5-4-6-10(11)14/h4-6,8,15H,7H2,1-3H3,(H,16,19). The molecule has 0 spiro atoms. The predicted molar refractivity (Wildman–Crippen MR) is 81.6 cm³/mol. The Morgan fingerprint density at radius 1 is 1.50 bits per heavy atom. The molecule has 2 N–H and O–H groups in total. The Balaban J connectivity index is 2.42. The van der Waals surface area contributed by atoms with E-state index in [0.717, 1.165) is 10.5 Å². The van der Waals surface area contributed by atoms with Gasteiger partial charge in [0.15, 0.2) is 5.16 Å². The Morgan fingerprint density at radius 2 is 2.25 bits per heavy atom. The third-order valence-corrected chi connectivity index (χ3v) is 4.38. The number of aromatic amines is 1. The molecule has 5 nitrogen and oxygen atoms in total. The molecular formula is C13H17ClN4OS. The number of aromatic nitrogens is 3. The van der Waals surface area contributed by atoms with Crippen molar-refractivity contribution in [2.45, 2.75) is 36.5 Å². The third-order valence-electron chi connectivity index (χ3n) is 2.80. The van der Waals surface area contributed by atoms with Gasteiger partial charge >= 0.3 is 5.69 Å². The van der Waals surface area contributed by atoms with Crippen molar-refractivity contribution in [3.63, 3.8) is 0 Å². The first kappa shape index (κ1) is 15.2. The second-order valence-electron chi connectivity index (χ2n) is 4.64. The highest BCUT2D eigenvalue weighted by molar-refractivity contribution is 7.99. The topological polar surface area (TPSA) is 62.7 Å². The maximum Gasteiger partial charge on any atom is 0.344 e. The number of rotatable bonds is 5. The molecule has 0 radical (unpaired) electrons. The van der Waals surface area contributed by atoms with Crippen LogP contribution in [0, 0.1) is 0 Å². The summed E-state index contributed by atoms with van der Waals surface area (Å²) < 4.78 is 1.62. The lowest BCUT2D eigenvalue weighted by atomic mass is 10.2. The summed E-state index contributed by atoms with van der Waals surface area (Å²) in [5, 5.41) is 11.0. The lowest BCUT2D eigenvalue weighted by Gasteiger charge is -2.12. The van der Waals surface area contributed by atoms with Crippen LogP contribution in [0.5, 0.6) is 0 Å². The minimum Gasteiger partial charge on any atom is -0.316 e. The minimum absolute atomic E-state index is 0.0407. The van der Waals surface area contributed by atoms with Crippen LogP contribution in [0.15, 0.2) is 33.0 Å². The summed E-state index contributed by atoms with van der Waals surface area (Å²) in [6, 6.07) is 5.81. The summed E-state index contributed by atoms with van der Waals surface area (Å²) in [6.45, 7) is 4.60. The number of hydrogen-bond donors (Lipinski definition) is 2. The summed E-state index contributed by atoms with van der Waals surface area (Å²) in [4.78, 5) is 12.7. The van der Waals surface area contributed by atoms with Gasteiger partial charge in [0.05, 0.1) is 5.02 Å². The first-order chi connectivity index (χ1) is 9.54. The number of hydrogen-bond acceptors (Lipinski definition) is 4. The summed E-state index contributed by atoms with van der Waals surface area (Å²) in [6.07, 6.45) is 0. The molecule has 20 heavy (non-hydrogen) atoms. The fourth-order valence-electron chi connectivity index (χ4n) is 1.91. The molecule has 0 amide bonds. The number of H-pyrrole nitrogens is 1. The van der Waals surface area contributed by atoms with E-state index in [0.29, 0.717) is 16.7 Å². The highest BCUT2D eigenvalue weighted by Gasteiger charge is 2.16. The van der Waals surface area contributed by atoms with Crippen molar-refractivity contribution < 1.29 is 0 Å². The quantitative estimate of drug-likeness (QED) is 0.891. The molecule has 0 atom stereocenters. The Labute approximate surface area is 126 Å². The van der Waals surface area contributed by atoms with Gasteiger partial charge in [-0.3, -0.25) is 4.57 Å². The zero-order valence-corrected chi connectivity index (χ0v) is 13.2. The van der Waals surface area contributed by atoms with E-state index in [9.17, 15) is 4.79 Å². The lowest BCUT2D eigenvalue weighted by Crippen LogP contribution is -2.19. The predicted octanol–water partition coefficient (Wildman–Crippen LogP) is 2.68. The molecule has 2 aromatic rings. The maximum atomic E-state index is 11.8. The smallest absolute Gasteiger partial charge is 0.316 e. The molecule has 2 rings (SSSR count). The van der Waals surface area contributed by atoms with Gasteiger partial charge in [0.25, 0.3) is 0 Å². The molecule has 0 bridgehead atoms. The normalized spacial score (nSPS) is 11.2. The first-order valence-electron chi connectivity index (χ1n) is 6.31. The molecule has 0 aliphatic rings. The van der Waals surface area contributed by atoms with E-state index in [1.807, 2.05) is 39.1 Å². The van der Waals surface area contributed by atoms with Crippen molar-refractivity contribution in [2.75, 3.05) is 7.05 Å². The van der Waals surface area contributed by atoms with Gasteiger partial charge < -0.3 is 5.32 Å². The second kappa shape index (κ2) is 6.47. The zero-order valence-electron chi connectivity index (χ0n) is 11.6. The van der Waals surface area contributed by atoms with E-state index in [2.05, 4.69) is 15.5 Å². The molecule has 108 valence electrons. The molecule has 1 heterocycles. The average molecular weight is 313 g/mol. The van der Waals surface area contributed by atoms with Gasteiger partial charge in [0.2, 0.25) is 0 Å². The SMILES string of the molecule is CNCc1cccc(Cl)c1Sc1n[nH]c(=O)n1C(C)C. The monoisotopic (exact) mass is 312 g/mol. The van der Waals surface area contributed by atoms with Gasteiger partial charge in [0.1, 0.15) is 0 Å². The van der Waals surface area contributed by atoms with E-state index < -0.39 is 0 Å². The van der Waals surface area contributed by atoms with E-state index in [-0.39, 0.29) is 11.7 Å². The molecule has 0 fully saturated rings. The Morgan fingerprint density at radius 3 is 2.90 bits per heavy atom. The molecule has 0 unspecified atom stereocenters. The second-order valence-corrected chi connectivity index (χ2v) is 6.02. The number of benzene rings is 1. The van der Waals surface area contributed by atoms with E-state index >= 15 is 0 Å². The van der Waals surface area contributed by atoms with E-state index in [1.165, 1.54) is 11.8 Å². The van der Waals surface area contributed by atoms with Gasteiger partial charge in [-0.1, -0.05) is 23.7 Å². The number of nitrogens with one attached hydrogen (secondary N) is 2. The average Bonchev–Trinajstić information content (AvgIpc) is 2.75. The summed E-state index contributed by atoms with van der Waals surface area (Å²) >= 11 is 7.69. The van der Waals surface area contributed by atoms with Crippen LogP contribution in [0.2, 0.25) is 5.02 Å². The van der Waals surface area contributed by atoms with Gasteiger partial charge in [-0.15, -0.1) is 5.10 Å². The summed E-state index contributed by atoms with van der Waals surface area (Å²) in [5.74, 6) is 0. The summed E-state index contributed by atoms with van der Waals surface area (Å²) in [7, 11) is 1.88. The van der Waals surface area contributed by atoms with Crippen LogP contribution in [-0.4, -0.2) is 21.8 Å². The molecule has 0 saturated carbocycles. The highest BCUT2D eigenvalue weighted by atomic mass is 35.5. The molecule has 1 aromatic carbocycles. The molecule has 1 aromatic heterocycles. The van der Waals surface area contributed by atoms with E-state index in [1.54, 1.807) is 4.57 Å². The summed E-state index contributed by atoms with van der Waals surface area (Å²) in [5.41, 5.74) is 0.875. The van der Waals surface area contributed by atoms with Gasteiger partial charge in [-0.05, 0) is 44.3 Å². The Kier molecular flexibility index (Phi) is 4.91. The van der Waals surface area contributed by atoms with Crippen LogP contribution in [0.1, 0.15) is 25.5 Å². The van der Waals surface area contributed by atoms with Crippen molar-refractivity contribution in [1.82, 2.24) is 20.1 Å². The largest absolute Gasteiger partial charge is 0.344 e. The van der Waals surface area contributed by atoms with Crippen LogP contribution < -0.4 is 11.0 Å². The minimum atomic E-state index is -0.204. The zero-order chi connectivity index (χ0) is 14.7. The van der Waals surface area contributed by atoms with Crippen LogP contribution in [-0.2, 0) is 6.54 Å². The van der Waals surface area contributed by atoms with Crippen LogP contribution >= 0.6 is 23.4 Å².